The van der Waals surface area contributed by atoms with Gasteiger partial charge in [0.05, 0.1) is 22.1 Å². The molecule has 2 aromatic carbocycles. The highest BCUT2D eigenvalue weighted by molar-refractivity contribution is 7.22. The number of aryl methyl sites for hydroxylation is 1. The van der Waals surface area contributed by atoms with Crippen molar-refractivity contribution in [2.24, 2.45) is 5.92 Å². The van der Waals surface area contributed by atoms with Gasteiger partial charge in [-0.15, -0.1) is 5.10 Å². The Balaban J connectivity index is 1.57. The van der Waals surface area contributed by atoms with Crippen LogP contribution in [0, 0.1) is 5.92 Å². The molecule has 0 aliphatic rings. The molecular formula is C21H21N5O2S. The van der Waals surface area contributed by atoms with E-state index < -0.39 is 0 Å². The normalized spacial score (nSPS) is 11.4. The highest BCUT2D eigenvalue weighted by Crippen LogP contribution is 2.29. The average molecular weight is 407 g/mol. The van der Waals surface area contributed by atoms with Gasteiger partial charge in [-0.1, -0.05) is 54.7 Å². The monoisotopic (exact) mass is 407 g/mol. The van der Waals surface area contributed by atoms with Crippen LogP contribution in [0.5, 0.6) is 0 Å². The lowest BCUT2D eigenvalue weighted by molar-refractivity contribution is -0.119. The third kappa shape index (κ3) is 4.02. The van der Waals surface area contributed by atoms with Crippen molar-refractivity contribution in [3.63, 3.8) is 0 Å². The van der Waals surface area contributed by atoms with Gasteiger partial charge in [0.2, 0.25) is 5.91 Å². The van der Waals surface area contributed by atoms with Crippen molar-refractivity contribution >= 4 is 43.5 Å². The Labute approximate surface area is 171 Å². The molecule has 0 bridgehead atoms. The standard InChI is InChI=1S/C21H21N5O2S/c1-14(2)13-25(21-22-17-9-5-6-10-18(17)29-21)19(27)11-12-26-20(28)15-7-3-4-8-16(15)23-24-26/h3-10,14H,11-13H2,1-2H3. The van der Waals surface area contributed by atoms with Crippen LogP contribution in [0.2, 0.25) is 0 Å². The van der Waals surface area contributed by atoms with Crippen molar-refractivity contribution in [1.82, 2.24) is 20.0 Å². The van der Waals surface area contributed by atoms with Gasteiger partial charge in [0.25, 0.3) is 5.56 Å². The first-order chi connectivity index (χ1) is 14.0. The minimum Gasteiger partial charge on any atom is -0.288 e. The number of rotatable bonds is 6. The lowest BCUT2D eigenvalue weighted by Gasteiger charge is -2.22. The number of nitrogens with zero attached hydrogens (tertiary/aromatic N) is 5. The third-order valence-electron chi connectivity index (χ3n) is 4.53. The summed E-state index contributed by atoms with van der Waals surface area (Å²) in [5, 5.41) is 9.24. The number of para-hydroxylation sites is 1. The van der Waals surface area contributed by atoms with E-state index in [-0.39, 0.29) is 30.3 Å². The van der Waals surface area contributed by atoms with Crippen LogP contribution in [0.1, 0.15) is 20.3 Å². The minimum atomic E-state index is -0.237. The Hall–Kier alpha value is -3.13. The highest BCUT2D eigenvalue weighted by Gasteiger charge is 2.21. The van der Waals surface area contributed by atoms with Crippen LogP contribution in [0.15, 0.2) is 53.3 Å². The zero-order valence-corrected chi connectivity index (χ0v) is 17.1. The number of carbonyl (C=O) groups excluding carboxylic acids is 1. The van der Waals surface area contributed by atoms with E-state index in [9.17, 15) is 9.59 Å². The summed E-state index contributed by atoms with van der Waals surface area (Å²) < 4.78 is 2.30. The van der Waals surface area contributed by atoms with E-state index in [4.69, 9.17) is 0 Å². The Kier molecular flexibility index (Phi) is 5.35. The molecule has 0 radical (unpaired) electrons. The molecule has 1 amide bonds. The first-order valence-corrected chi connectivity index (χ1v) is 10.3. The van der Waals surface area contributed by atoms with Gasteiger partial charge in [-0.25, -0.2) is 9.67 Å². The molecule has 0 N–H and O–H groups in total. The molecule has 4 rings (SSSR count). The predicted octanol–water partition coefficient (Wildman–Crippen LogP) is 3.48. The Morgan fingerprint density at radius 2 is 1.83 bits per heavy atom. The Bertz CT molecular complexity index is 1200. The molecule has 148 valence electrons. The van der Waals surface area contributed by atoms with Gasteiger partial charge in [0.15, 0.2) is 5.13 Å². The zero-order valence-electron chi connectivity index (χ0n) is 16.3. The summed E-state index contributed by atoms with van der Waals surface area (Å²) >= 11 is 1.50. The molecule has 0 fully saturated rings. The summed E-state index contributed by atoms with van der Waals surface area (Å²) in [6.45, 7) is 4.87. The second kappa shape index (κ2) is 8.08. The topological polar surface area (TPSA) is 81.0 Å². The third-order valence-corrected chi connectivity index (χ3v) is 5.59. The van der Waals surface area contributed by atoms with Gasteiger partial charge >= 0.3 is 0 Å². The Morgan fingerprint density at radius 3 is 2.59 bits per heavy atom. The van der Waals surface area contributed by atoms with Gasteiger partial charge in [-0.3, -0.25) is 14.5 Å². The second-order valence-electron chi connectivity index (χ2n) is 7.25. The smallest absolute Gasteiger partial charge is 0.277 e. The summed E-state index contributed by atoms with van der Waals surface area (Å²) in [6.07, 6.45) is 0.148. The van der Waals surface area contributed by atoms with E-state index in [0.29, 0.717) is 22.6 Å². The summed E-state index contributed by atoms with van der Waals surface area (Å²) in [7, 11) is 0. The number of hydrogen-bond donors (Lipinski definition) is 0. The molecule has 29 heavy (non-hydrogen) atoms. The molecule has 0 spiro atoms. The number of benzene rings is 2. The van der Waals surface area contributed by atoms with Crippen LogP contribution in [0.3, 0.4) is 0 Å². The molecule has 0 atom stereocenters. The van der Waals surface area contributed by atoms with Crippen LogP contribution in [-0.2, 0) is 11.3 Å². The van der Waals surface area contributed by atoms with Crippen LogP contribution in [0.4, 0.5) is 5.13 Å². The second-order valence-corrected chi connectivity index (χ2v) is 8.26. The lowest BCUT2D eigenvalue weighted by Crippen LogP contribution is -2.36. The molecule has 2 heterocycles. The van der Waals surface area contributed by atoms with Gasteiger partial charge in [-0.2, -0.15) is 0 Å². The van der Waals surface area contributed by atoms with Crippen LogP contribution < -0.4 is 10.5 Å². The van der Waals surface area contributed by atoms with Gasteiger partial charge in [0, 0.05) is 13.0 Å². The average Bonchev–Trinajstić information content (AvgIpc) is 3.15. The fraction of sp³-hybridized carbons (Fsp3) is 0.286. The lowest BCUT2D eigenvalue weighted by atomic mass is 10.2. The molecule has 0 aliphatic heterocycles. The van der Waals surface area contributed by atoms with E-state index in [1.165, 1.54) is 16.0 Å². The first kappa shape index (κ1) is 19.2. The van der Waals surface area contributed by atoms with E-state index in [0.717, 1.165) is 10.2 Å². The number of aromatic nitrogens is 4. The molecule has 7 nitrogen and oxygen atoms in total. The van der Waals surface area contributed by atoms with Gasteiger partial charge in [0.1, 0.15) is 5.52 Å². The quantitative estimate of drug-likeness (QED) is 0.489. The summed E-state index contributed by atoms with van der Waals surface area (Å²) in [4.78, 5) is 32.0. The molecular weight excluding hydrogens is 386 g/mol. The largest absolute Gasteiger partial charge is 0.288 e. The number of hydrogen-bond acceptors (Lipinski definition) is 6. The summed E-state index contributed by atoms with van der Waals surface area (Å²) in [5.74, 6) is 0.203. The number of carbonyl (C=O) groups is 1. The maximum atomic E-state index is 13.0. The SMILES string of the molecule is CC(C)CN(C(=O)CCn1nnc2ccccc2c1=O)c1nc2ccccc2s1. The number of anilines is 1. The molecule has 0 saturated heterocycles. The van der Waals surface area contributed by atoms with Gasteiger partial charge < -0.3 is 0 Å². The minimum absolute atomic E-state index is 0.0837. The van der Waals surface area contributed by atoms with Crippen molar-refractivity contribution in [2.45, 2.75) is 26.8 Å². The fourth-order valence-corrected chi connectivity index (χ4v) is 4.13. The van der Waals surface area contributed by atoms with Gasteiger partial charge in [-0.05, 0) is 30.2 Å². The number of fused-ring (bicyclic) bond motifs is 2. The molecule has 2 aromatic heterocycles. The van der Waals surface area contributed by atoms with E-state index in [1.807, 2.05) is 30.3 Å². The molecule has 0 unspecified atom stereocenters. The molecule has 4 aromatic rings. The predicted molar refractivity (Wildman–Crippen MR) is 115 cm³/mol. The molecule has 0 saturated carbocycles. The summed E-state index contributed by atoms with van der Waals surface area (Å²) in [5.41, 5.74) is 1.19. The van der Waals surface area contributed by atoms with E-state index in [1.54, 1.807) is 23.1 Å². The molecule has 0 aliphatic carbocycles. The zero-order chi connectivity index (χ0) is 20.4. The van der Waals surface area contributed by atoms with Crippen molar-refractivity contribution < 1.29 is 4.79 Å². The van der Waals surface area contributed by atoms with Crippen molar-refractivity contribution in [3.05, 3.63) is 58.9 Å². The highest BCUT2D eigenvalue weighted by atomic mass is 32.1. The first-order valence-electron chi connectivity index (χ1n) is 9.51. The maximum Gasteiger partial charge on any atom is 0.277 e. The maximum absolute atomic E-state index is 13.0. The summed E-state index contributed by atoms with van der Waals surface area (Å²) in [6, 6.07) is 14.9. The van der Waals surface area contributed by atoms with Crippen LogP contribution in [-0.4, -0.2) is 32.4 Å². The van der Waals surface area contributed by atoms with E-state index >= 15 is 0 Å². The van der Waals surface area contributed by atoms with Crippen molar-refractivity contribution in [3.8, 4) is 0 Å². The van der Waals surface area contributed by atoms with Crippen LogP contribution >= 0.6 is 11.3 Å². The van der Waals surface area contributed by atoms with Crippen LogP contribution in [0.25, 0.3) is 21.1 Å². The number of amides is 1. The van der Waals surface area contributed by atoms with Crippen molar-refractivity contribution in [2.75, 3.05) is 11.4 Å². The fourth-order valence-electron chi connectivity index (χ4n) is 3.13. The Morgan fingerprint density at radius 1 is 1.10 bits per heavy atom. The number of thiazole rings is 1. The molecule has 8 heteroatoms. The van der Waals surface area contributed by atoms with Crippen molar-refractivity contribution in [1.29, 1.82) is 0 Å². The van der Waals surface area contributed by atoms with E-state index in [2.05, 4.69) is 29.1 Å².